The number of hydrogen-bond acceptors (Lipinski definition) is 5. The Morgan fingerprint density at radius 1 is 1.04 bits per heavy atom. The minimum atomic E-state index is -3.85. The summed E-state index contributed by atoms with van der Waals surface area (Å²) in [5.41, 5.74) is 1.38. The van der Waals surface area contributed by atoms with Gasteiger partial charge in [0, 0.05) is 19.2 Å². The van der Waals surface area contributed by atoms with Gasteiger partial charge in [-0.05, 0) is 54.4 Å². The van der Waals surface area contributed by atoms with Gasteiger partial charge in [0.1, 0.15) is 0 Å². The van der Waals surface area contributed by atoms with E-state index in [1.165, 1.54) is 53.8 Å². The van der Waals surface area contributed by atoms with Crippen LogP contribution in [-0.4, -0.2) is 36.3 Å². The van der Waals surface area contributed by atoms with Crippen LogP contribution in [0.2, 0.25) is 0 Å². The van der Waals surface area contributed by atoms with Gasteiger partial charge in [-0.15, -0.1) is 0 Å². The van der Waals surface area contributed by atoms with Gasteiger partial charge >= 0.3 is 0 Å². The van der Waals surface area contributed by atoms with Crippen molar-refractivity contribution >= 4 is 31.6 Å². The van der Waals surface area contributed by atoms with E-state index in [2.05, 4.69) is 5.32 Å². The van der Waals surface area contributed by atoms with Crippen molar-refractivity contribution in [2.24, 2.45) is 5.14 Å². The molecule has 138 valence electrons. The predicted molar refractivity (Wildman–Crippen MR) is 95.9 cm³/mol. The third-order valence-corrected chi connectivity index (χ3v) is 6.90. The fraction of sp³-hybridized carbons (Fsp3) is 0.188. The number of nitrogens with zero attached hydrogens (tertiary/aromatic N) is 1. The maximum absolute atomic E-state index is 12.9. The number of anilines is 1. The van der Waals surface area contributed by atoms with Crippen LogP contribution in [0.5, 0.6) is 0 Å². The number of amides is 1. The van der Waals surface area contributed by atoms with Crippen molar-refractivity contribution in [1.29, 1.82) is 0 Å². The highest BCUT2D eigenvalue weighted by molar-refractivity contribution is 7.92. The third kappa shape index (κ3) is 3.18. The van der Waals surface area contributed by atoms with Crippen LogP contribution < -0.4 is 14.8 Å². The summed E-state index contributed by atoms with van der Waals surface area (Å²) in [5.74, 6) is -0.309. The Balaban J connectivity index is 1.97. The SMILES string of the molecule is CNC(=O)c1ccc(S(=O)(=O)N2CCc3cc(S(N)(=O)=O)ccc32)cc1. The van der Waals surface area contributed by atoms with Crippen LogP contribution >= 0.6 is 0 Å². The number of carbonyl (C=O) groups is 1. The Labute approximate surface area is 151 Å². The maximum atomic E-state index is 12.9. The van der Waals surface area contributed by atoms with Crippen LogP contribution in [-0.2, 0) is 26.5 Å². The number of hydrogen-bond donors (Lipinski definition) is 2. The second-order valence-electron chi connectivity index (χ2n) is 5.77. The number of carbonyl (C=O) groups excluding carboxylic acids is 1. The molecular formula is C16H17N3O5S2. The highest BCUT2D eigenvalue weighted by Crippen LogP contribution is 2.34. The second kappa shape index (κ2) is 6.38. The van der Waals surface area contributed by atoms with E-state index < -0.39 is 20.0 Å². The third-order valence-electron chi connectivity index (χ3n) is 4.16. The lowest BCUT2D eigenvalue weighted by molar-refractivity contribution is 0.0963. The van der Waals surface area contributed by atoms with Gasteiger partial charge in [-0.1, -0.05) is 0 Å². The molecule has 26 heavy (non-hydrogen) atoms. The highest BCUT2D eigenvalue weighted by atomic mass is 32.2. The van der Waals surface area contributed by atoms with Crippen molar-refractivity contribution in [1.82, 2.24) is 5.32 Å². The van der Waals surface area contributed by atoms with Gasteiger partial charge in [0.25, 0.3) is 15.9 Å². The number of benzene rings is 2. The predicted octanol–water partition coefficient (Wildman–Crippen LogP) is 0.445. The standard InChI is InChI=1S/C16H17N3O5S2/c1-18-16(20)11-2-4-13(5-3-11)26(23,24)19-9-8-12-10-14(25(17,21)22)6-7-15(12)19/h2-7,10H,8-9H2,1H3,(H,18,20)(H2,17,21,22). The van der Waals surface area contributed by atoms with Crippen molar-refractivity contribution < 1.29 is 21.6 Å². The Morgan fingerprint density at radius 3 is 2.23 bits per heavy atom. The number of rotatable bonds is 4. The molecule has 0 radical (unpaired) electrons. The number of nitrogens with two attached hydrogens (primary N) is 1. The van der Waals surface area contributed by atoms with Gasteiger partial charge in [0.2, 0.25) is 10.0 Å². The summed E-state index contributed by atoms with van der Waals surface area (Å²) in [4.78, 5) is 11.6. The Hall–Kier alpha value is -2.43. The van der Waals surface area contributed by atoms with E-state index >= 15 is 0 Å². The molecule has 0 fully saturated rings. The molecule has 0 spiro atoms. The van der Waals surface area contributed by atoms with E-state index in [9.17, 15) is 21.6 Å². The lowest BCUT2D eigenvalue weighted by Gasteiger charge is -2.20. The lowest BCUT2D eigenvalue weighted by atomic mass is 10.2. The van der Waals surface area contributed by atoms with Crippen molar-refractivity contribution in [3.8, 4) is 0 Å². The quantitative estimate of drug-likeness (QED) is 0.777. The summed E-state index contributed by atoms with van der Waals surface area (Å²) >= 11 is 0. The summed E-state index contributed by atoms with van der Waals surface area (Å²) in [7, 11) is -6.19. The van der Waals surface area contributed by atoms with Gasteiger partial charge in [0.05, 0.1) is 15.5 Å². The van der Waals surface area contributed by atoms with Crippen molar-refractivity contribution in [3.05, 3.63) is 53.6 Å². The summed E-state index contributed by atoms with van der Waals surface area (Å²) < 4.78 is 50.0. The maximum Gasteiger partial charge on any atom is 0.264 e. The molecule has 2 aromatic rings. The number of sulfonamides is 2. The first-order valence-corrected chi connectivity index (χ1v) is 10.6. The molecular weight excluding hydrogens is 378 g/mol. The summed E-state index contributed by atoms with van der Waals surface area (Å²) in [5, 5.41) is 7.59. The Kier molecular flexibility index (Phi) is 4.51. The molecule has 1 aliphatic heterocycles. The first-order valence-electron chi connectivity index (χ1n) is 7.65. The van der Waals surface area contributed by atoms with E-state index in [0.717, 1.165) is 0 Å². The number of nitrogens with one attached hydrogen (secondary N) is 1. The van der Waals surface area contributed by atoms with Crippen LogP contribution in [0.3, 0.4) is 0 Å². The normalized spacial score (nSPS) is 14.2. The zero-order valence-electron chi connectivity index (χ0n) is 13.8. The van der Waals surface area contributed by atoms with Crippen LogP contribution in [0.1, 0.15) is 15.9 Å². The minimum Gasteiger partial charge on any atom is -0.355 e. The molecule has 0 unspecified atom stereocenters. The van der Waals surface area contributed by atoms with Gasteiger partial charge in [-0.3, -0.25) is 9.10 Å². The van der Waals surface area contributed by atoms with E-state index in [1.807, 2.05) is 0 Å². The lowest BCUT2D eigenvalue weighted by Crippen LogP contribution is -2.29. The van der Waals surface area contributed by atoms with Crippen LogP contribution in [0.4, 0.5) is 5.69 Å². The average Bonchev–Trinajstić information content (AvgIpc) is 3.04. The largest absolute Gasteiger partial charge is 0.355 e. The summed E-state index contributed by atoms with van der Waals surface area (Å²) in [6.07, 6.45) is 0.383. The molecule has 8 nitrogen and oxygen atoms in total. The number of fused-ring (bicyclic) bond motifs is 1. The molecule has 0 saturated carbocycles. The molecule has 1 heterocycles. The summed E-state index contributed by atoms with van der Waals surface area (Å²) in [6.45, 7) is 0.197. The average molecular weight is 395 g/mol. The van der Waals surface area contributed by atoms with E-state index in [1.54, 1.807) is 0 Å². The molecule has 3 N–H and O–H groups in total. The van der Waals surface area contributed by atoms with Crippen LogP contribution in [0, 0.1) is 0 Å². The minimum absolute atomic E-state index is 0.0496. The van der Waals surface area contributed by atoms with Crippen molar-refractivity contribution in [3.63, 3.8) is 0 Å². The van der Waals surface area contributed by atoms with Gasteiger partial charge < -0.3 is 5.32 Å². The first kappa shape index (κ1) is 18.4. The molecule has 3 rings (SSSR count). The Bertz CT molecular complexity index is 1080. The highest BCUT2D eigenvalue weighted by Gasteiger charge is 2.31. The molecule has 10 heteroatoms. The Morgan fingerprint density at radius 2 is 1.65 bits per heavy atom. The van der Waals surface area contributed by atoms with Gasteiger partial charge in [-0.25, -0.2) is 22.0 Å². The fourth-order valence-electron chi connectivity index (χ4n) is 2.82. The first-order chi connectivity index (χ1) is 12.1. The molecule has 1 aliphatic rings. The van der Waals surface area contributed by atoms with Gasteiger partial charge in [-0.2, -0.15) is 0 Å². The molecule has 0 atom stereocenters. The molecule has 0 saturated heterocycles. The van der Waals surface area contributed by atoms with E-state index in [4.69, 9.17) is 5.14 Å². The molecule has 0 bridgehead atoms. The van der Waals surface area contributed by atoms with Crippen molar-refractivity contribution in [2.45, 2.75) is 16.2 Å². The van der Waals surface area contributed by atoms with Crippen LogP contribution in [0.25, 0.3) is 0 Å². The zero-order chi connectivity index (χ0) is 19.1. The number of primary sulfonamides is 1. The molecule has 0 aliphatic carbocycles. The van der Waals surface area contributed by atoms with Crippen LogP contribution in [0.15, 0.2) is 52.3 Å². The topological polar surface area (TPSA) is 127 Å². The van der Waals surface area contributed by atoms with Crippen molar-refractivity contribution in [2.75, 3.05) is 17.9 Å². The summed E-state index contributed by atoms with van der Waals surface area (Å²) in [6, 6.07) is 9.75. The molecule has 1 amide bonds. The smallest absolute Gasteiger partial charge is 0.264 e. The second-order valence-corrected chi connectivity index (χ2v) is 9.19. The zero-order valence-corrected chi connectivity index (χ0v) is 15.5. The van der Waals surface area contributed by atoms with Gasteiger partial charge in [0.15, 0.2) is 0 Å². The monoisotopic (exact) mass is 395 g/mol. The van der Waals surface area contributed by atoms with E-state index in [0.29, 0.717) is 23.2 Å². The fourth-order valence-corrected chi connectivity index (χ4v) is 4.89. The van der Waals surface area contributed by atoms with E-state index in [-0.39, 0.29) is 22.2 Å². The molecule has 0 aromatic heterocycles. The molecule has 2 aromatic carbocycles.